The highest BCUT2D eigenvalue weighted by atomic mass is 35.5. The lowest BCUT2D eigenvalue weighted by atomic mass is 10.1. The summed E-state index contributed by atoms with van der Waals surface area (Å²) in [5, 5.41) is 0.782. The normalized spacial score (nSPS) is 17.0. The van der Waals surface area contributed by atoms with E-state index in [1.807, 2.05) is 62.5 Å². The average molecular weight is 372 g/mol. The molecule has 0 aliphatic carbocycles. The Morgan fingerprint density at radius 2 is 1.77 bits per heavy atom. The molecule has 1 saturated heterocycles. The maximum absolute atomic E-state index is 12.8. The van der Waals surface area contributed by atoms with Gasteiger partial charge in [0, 0.05) is 50.5 Å². The number of carbonyl (C=O) groups is 1. The number of hydrogen-bond acceptors (Lipinski definition) is 3. The molecule has 4 nitrogen and oxygen atoms in total. The van der Waals surface area contributed by atoms with Crippen molar-refractivity contribution in [1.29, 1.82) is 0 Å². The summed E-state index contributed by atoms with van der Waals surface area (Å²) in [7, 11) is 1.85. The van der Waals surface area contributed by atoms with Gasteiger partial charge >= 0.3 is 0 Å². The number of rotatable bonds is 5. The van der Waals surface area contributed by atoms with Crippen LogP contribution in [0.2, 0.25) is 5.02 Å². The zero-order chi connectivity index (χ0) is 18.5. The molecule has 2 aromatic rings. The van der Waals surface area contributed by atoms with E-state index in [-0.39, 0.29) is 11.9 Å². The van der Waals surface area contributed by atoms with Crippen LogP contribution in [0.1, 0.15) is 12.5 Å². The summed E-state index contributed by atoms with van der Waals surface area (Å²) >= 11 is 6.07. The second-order valence-corrected chi connectivity index (χ2v) is 7.29. The standard InChI is InChI=1S/C21H26ClN3O/c1-17(21(26)23(2)20-9-4-3-5-10-20)25-13-11-24(12-14-25)16-18-7-6-8-19(22)15-18/h3-10,15,17H,11-14,16H2,1-2H3/t17-/m1/s1. The van der Waals surface area contributed by atoms with Gasteiger partial charge in [-0.2, -0.15) is 0 Å². The van der Waals surface area contributed by atoms with E-state index < -0.39 is 0 Å². The third-order valence-corrected chi connectivity index (χ3v) is 5.32. The summed E-state index contributed by atoms with van der Waals surface area (Å²) < 4.78 is 0. The molecule has 3 rings (SSSR count). The van der Waals surface area contributed by atoms with Gasteiger partial charge in [0.15, 0.2) is 0 Å². The monoisotopic (exact) mass is 371 g/mol. The average Bonchev–Trinajstić information content (AvgIpc) is 2.67. The van der Waals surface area contributed by atoms with Crippen molar-refractivity contribution in [3.8, 4) is 0 Å². The molecule has 26 heavy (non-hydrogen) atoms. The van der Waals surface area contributed by atoms with Gasteiger partial charge in [0.1, 0.15) is 0 Å². The van der Waals surface area contributed by atoms with Gasteiger partial charge in [0.05, 0.1) is 6.04 Å². The van der Waals surface area contributed by atoms with Gasteiger partial charge in [-0.25, -0.2) is 0 Å². The Morgan fingerprint density at radius 3 is 2.42 bits per heavy atom. The fourth-order valence-electron chi connectivity index (χ4n) is 3.42. The number of para-hydroxylation sites is 1. The van der Waals surface area contributed by atoms with Crippen molar-refractivity contribution in [2.75, 3.05) is 38.1 Å². The molecule has 1 heterocycles. The zero-order valence-corrected chi connectivity index (χ0v) is 16.2. The van der Waals surface area contributed by atoms with Crippen molar-refractivity contribution in [3.05, 3.63) is 65.2 Å². The lowest BCUT2D eigenvalue weighted by Crippen LogP contribution is -2.53. The predicted octanol–water partition coefficient (Wildman–Crippen LogP) is 3.51. The minimum atomic E-state index is -0.117. The highest BCUT2D eigenvalue weighted by molar-refractivity contribution is 6.30. The summed E-state index contributed by atoms with van der Waals surface area (Å²) in [5.74, 6) is 0.138. The predicted molar refractivity (Wildman–Crippen MR) is 108 cm³/mol. The van der Waals surface area contributed by atoms with E-state index in [4.69, 9.17) is 11.6 Å². The molecule has 0 spiro atoms. The van der Waals surface area contributed by atoms with Crippen LogP contribution < -0.4 is 4.90 Å². The van der Waals surface area contributed by atoms with Crippen LogP contribution in [0.25, 0.3) is 0 Å². The molecule has 1 atom stereocenters. The van der Waals surface area contributed by atoms with E-state index in [9.17, 15) is 4.79 Å². The van der Waals surface area contributed by atoms with Gasteiger partial charge in [-0.15, -0.1) is 0 Å². The second kappa shape index (κ2) is 8.67. The van der Waals surface area contributed by atoms with Crippen LogP contribution in [0.5, 0.6) is 0 Å². The minimum Gasteiger partial charge on any atom is -0.314 e. The number of carbonyl (C=O) groups excluding carboxylic acids is 1. The number of halogens is 1. The summed E-state index contributed by atoms with van der Waals surface area (Å²) in [6, 6.07) is 17.7. The van der Waals surface area contributed by atoms with Gasteiger partial charge in [0.25, 0.3) is 0 Å². The zero-order valence-electron chi connectivity index (χ0n) is 15.4. The Balaban J connectivity index is 1.53. The molecule has 5 heteroatoms. The quantitative estimate of drug-likeness (QED) is 0.804. The first-order valence-corrected chi connectivity index (χ1v) is 9.46. The number of piperazine rings is 1. The summed E-state index contributed by atoms with van der Waals surface area (Å²) in [5.41, 5.74) is 2.17. The lowest BCUT2D eigenvalue weighted by molar-refractivity contribution is -0.123. The molecule has 0 aromatic heterocycles. The Hall–Kier alpha value is -1.88. The van der Waals surface area contributed by atoms with Crippen molar-refractivity contribution in [2.24, 2.45) is 0 Å². The van der Waals surface area contributed by atoms with Crippen LogP contribution in [-0.4, -0.2) is 55.0 Å². The van der Waals surface area contributed by atoms with Crippen molar-refractivity contribution in [1.82, 2.24) is 9.80 Å². The van der Waals surface area contributed by atoms with Gasteiger partial charge < -0.3 is 4.90 Å². The third kappa shape index (κ3) is 4.64. The number of anilines is 1. The first-order chi connectivity index (χ1) is 12.5. The molecule has 1 fully saturated rings. The number of amides is 1. The summed E-state index contributed by atoms with van der Waals surface area (Å²) in [6.45, 7) is 6.62. The van der Waals surface area contributed by atoms with E-state index in [1.54, 1.807) is 4.90 Å². The van der Waals surface area contributed by atoms with Crippen molar-refractivity contribution >= 4 is 23.2 Å². The maximum Gasteiger partial charge on any atom is 0.243 e. The van der Waals surface area contributed by atoms with Crippen molar-refractivity contribution in [3.63, 3.8) is 0 Å². The molecular weight excluding hydrogens is 346 g/mol. The first-order valence-electron chi connectivity index (χ1n) is 9.08. The van der Waals surface area contributed by atoms with Gasteiger partial charge in [0.2, 0.25) is 5.91 Å². The Bertz CT molecular complexity index is 729. The summed E-state index contributed by atoms with van der Waals surface area (Å²) in [4.78, 5) is 19.3. The maximum atomic E-state index is 12.8. The fraction of sp³-hybridized carbons (Fsp3) is 0.381. The Labute approximate surface area is 161 Å². The molecular formula is C21H26ClN3O. The molecule has 138 valence electrons. The molecule has 0 radical (unpaired) electrons. The number of likely N-dealkylation sites (N-methyl/N-ethyl adjacent to an activating group) is 1. The van der Waals surface area contributed by atoms with E-state index in [1.165, 1.54) is 5.56 Å². The molecule has 0 bridgehead atoms. The smallest absolute Gasteiger partial charge is 0.243 e. The Morgan fingerprint density at radius 1 is 1.08 bits per heavy atom. The van der Waals surface area contributed by atoms with Gasteiger partial charge in [-0.3, -0.25) is 14.6 Å². The molecule has 0 N–H and O–H groups in total. The van der Waals surface area contributed by atoms with Gasteiger partial charge in [-0.1, -0.05) is 41.9 Å². The highest BCUT2D eigenvalue weighted by Crippen LogP contribution is 2.17. The van der Waals surface area contributed by atoms with Crippen LogP contribution in [0, 0.1) is 0 Å². The third-order valence-electron chi connectivity index (χ3n) is 5.08. The molecule has 1 aliphatic heterocycles. The lowest BCUT2D eigenvalue weighted by Gasteiger charge is -2.38. The minimum absolute atomic E-state index is 0.117. The van der Waals surface area contributed by atoms with Crippen LogP contribution in [0.15, 0.2) is 54.6 Å². The van der Waals surface area contributed by atoms with Crippen LogP contribution in [-0.2, 0) is 11.3 Å². The Kier molecular flexibility index (Phi) is 6.30. The van der Waals surface area contributed by atoms with Crippen LogP contribution >= 0.6 is 11.6 Å². The summed E-state index contributed by atoms with van der Waals surface area (Å²) in [6.07, 6.45) is 0. The molecule has 0 saturated carbocycles. The van der Waals surface area contributed by atoms with E-state index in [0.717, 1.165) is 43.4 Å². The SMILES string of the molecule is C[C@H](C(=O)N(C)c1ccccc1)N1CCN(Cc2cccc(Cl)c2)CC1. The molecule has 0 unspecified atom stereocenters. The second-order valence-electron chi connectivity index (χ2n) is 6.85. The van der Waals surface area contributed by atoms with E-state index >= 15 is 0 Å². The number of benzene rings is 2. The van der Waals surface area contributed by atoms with Crippen molar-refractivity contribution in [2.45, 2.75) is 19.5 Å². The molecule has 1 amide bonds. The van der Waals surface area contributed by atoms with E-state index in [0.29, 0.717) is 0 Å². The molecule has 1 aliphatic rings. The van der Waals surface area contributed by atoms with E-state index in [2.05, 4.69) is 15.9 Å². The largest absolute Gasteiger partial charge is 0.314 e. The first kappa shape index (κ1) is 18.9. The van der Waals surface area contributed by atoms with Crippen molar-refractivity contribution < 1.29 is 4.79 Å². The topological polar surface area (TPSA) is 26.8 Å². The highest BCUT2D eigenvalue weighted by Gasteiger charge is 2.27. The van der Waals surface area contributed by atoms with Crippen LogP contribution in [0.4, 0.5) is 5.69 Å². The molecule has 2 aromatic carbocycles. The van der Waals surface area contributed by atoms with Crippen LogP contribution in [0.3, 0.4) is 0 Å². The fourth-order valence-corrected chi connectivity index (χ4v) is 3.63. The number of hydrogen-bond donors (Lipinski definition) is 0. The van der Waals surface area contributed by atoms with Gasteiger partial charge in [-0.05, 0) is 36.8 Å². The number of nitrogens with zero attached hydrogens (tertiary/aromatic N) is 3.